The maximum absolute atomic E-state index is 8.73. The second kappa shape index (κ2) is 6.53. The fourth-order valence-corrected chi connectivity index (χ4v) is 1.64. The van der Waals surface area contributed by atoms with Gasteiger partial charge in [0.05, 0.1) is 0 Å². The number of aliphatic hydroxyl groups excluding tert-OH is 1. The molecule has 0 saturated carbocycles. The highest BCUT2D eigenvalue weighted by Gasteiger charge is 2.08. The summed E-state index contributed by atoms with van der Waals surface area (Å²) in [5, 5.41) is 12.2. The first-order valence-corrected chi connectivity index (χ1v) is 5.51. The summed E-state index contributed by atoms with van der Waals surface area (Å²) in [6.45, 7) is 4.54. The molecule has 2 N–H and O–H groups in total. The first-order valence-electron chi connectivity index (χ1n) is 5.51. The lowest BCUT2D eigenvalue weighted by atomic mass is 10.1. The Morgan fingerprint density at radius 3 is 2.87 bits per heavy atom. The zero-order valence-electron chi connectivity index (χ0n) is 9.48. The van der Waals surface area contributed by atoms with Crippen LogP contribution in [0.1, 0.15) is 38.3 Å². The van der Waals surface area contributed by atoms with E-state index in [9.17, 15) is 0 Å². The molecule has 0 unspecified atom stereocenters. The van der Waals surface area contributed by atoms with E-state index in [0.29, 0.717) is 12.1 Å². The minimum atomic E-state index is 0.271. The van der Waals surface area contributed by atoms with Crippen molar-refractivity contribution in [2.75, 3.05) is 6.61 Å². The maximum atomic E-state index is 8.73. The van der Waals surface area contributed by atoms with Crippen molar-refractivity contribution in [3.8, 4) is 0 Å². The Hall–Kier alpha value is -0.930. The molecule has 0 aliphatic rings. The smallest absolute Gasteiger partial charge is 0.0431 e. The summed E-state index contributed by atoms with van der Waals surface area (Å²) in [5.74, 6) is 0. The minimum absolute atomic E-state index is 0.271. The number of hydrogen-bond acceptors (Lipinski definition) is 3. The van der Waals surface area contributed by atoms with E-state index in [0.717, 1.165) is 12.8 Å². The first kappa shape index (κ1) is 12.1. The number of hydrogen-bond donors (Lipinski definition) is 2. The van der Waals surface area contributed by atoms with Gasteiger partial charge in [-0.3, -0.25) is 4.98 Å². The molecule has 1 aromatic rings. The van der Waals surface area contributed by atoms with Crippen LogP contribution in [-0.4, -0.2) is 22.7 Å². The van der Waals surface area contributed by atoms with Crippen LogP contribution >= 0.6 is 0 Å². The molecule has 3 nitrogen and oxygen atoms in total. The Morgan fingerprint density at radius 1 is 1.47 bits per heavy atom. The number of aliphatic hydroxyl groups is 1. The molecule has 0 bridgehead atoms. The van der Waals surface area contributed by atoms with E-state index >= 15 is 0 Å². The van der Waals surface area contributed by atoms with Gasteiger partial charge >= 0.3 is 0 Å². The SMILES string of the molecule is C[C@H](CCCO)N[C@H](C)c1cccnc1. The lowest BCUT2D eigenvalue weighted by Gasteiger charge is -2.19. The van der Waals surface area contributed by atoms with Crippen LogP contribution in [0.25, 0.3) is 0 Å². The summed E-state index contributed by atoms with van der Waals surface area (Å²) < 4.78 is 0. The van der Waals surface area contributed by atoms with Crippen molar-refractivity contribution in [3.05, 3.63) is 30.1 Å². The average Bonchev–Trinajstić information content (AvgIpc) is 2.27. The Labute approximate surface area is 91.5 Å². The summed E-state index contributed by atoms with van der Waals surface area (Å²) in [7, 11) is 0. The van der Waals surface area contributed by atoms with Crippen LogP contribution in [0.5, 0.6) is 0 Å². The number of nitrogens with one attached hydrogen (secondary N) is 1. The van der Waals surface area contributed by atoms with Gasteiger partial charge in [0.2, 0.25) is 0 Å². The highest BCUT2D eigenvalue weighted by Crippen LogP contribution is 2.11. The molecule has 0 aromatic carbocycles. The largest absolute Gasteiger partial charge is 0.396 e. The van der Waals surface area contributed by atoms with Gasteiger partial charge in [0.15, 0.2) is 0 Å². The topological polar surface area (TPSA) is 45.1 Å². The molecular weight excluding hydrogens is 188 g/mol. The normalized spacial score (nSPS) is 14.9. The van der Waals surface area contributed by atoms with Crippen LogP contribution < -0.4 is 5.32 Å². The number of pyridine rings is 1. The fraction of sp³-hybridized carbons (Fsp3) is 0.583. The molecule has 0 radical (unpaired) electrons. The highest BCUT2D eigenvalue weighted by molar-refractivity contribution is 5.12. The predicted molar refractivity (Wildman–Crippen MR) is 61.6 cm³/mol. The van der Waals surface area contributed by atoms with Crippen LogP contribution in [-0.2, 0) is 0 Å². The molecule has 3 heteroatoms. The van der Waals surface area contributed by atoms with Gasteiger partial charge in [-0.1, -0.05) is 6.07 Å². The Kier molecular flexibility index (Phi) is 5.29. The van der Waals surface area contributed by atoms with Gasteiger partial charge in [-0.25, -0.2) is 0 Å². The zero-order chi connectivity index (χ0) is 11.1. The van der Waals surface area contributed by atoms with Crippen LogP contribution in [0.2, 0.25) is 0 Å². The lowest BCUT2D eigenvalue weighted by Crippen LogP contribution is -2.29. The lowest BCUT2D eigenvalue weighted by molar-refractivity contribution is 0.274. The zero-order valence-corrected chi connectivity index (χ0v) is 9.48. The summed E-state index contributed by atoms with van der Waals surface area (Å²) in [4.78, 5) is 4.10. The van der Waals surface area contributed by atoms with Gasteiger partial charge < -0.3 is 10.4 Å². The number of aromatic nitrogens is 1. The maximum Gasteiger partial charge on any atom is 0.0431 e. The van der Waals surface area contributed by atoms with E-state index in [4.69, 9.17) is 5.11 Å². The molecule has 2 atom stereocenters. The van der Waals surface area contributed by atoms with Crippen LogP contribution in [0.15, 0.2) is 24.5 Å². The Bertz CT molecular complexity index is 264. The van der Waals surface area contributed by atoms with Crippen LogP contribution in [0.3, 0.4) is 0 Å². The van der Waals surface area contributed by atoms with Crippen molar-refractivity contribution in [2.24, 2.45) is 0 Å². The average molecular weight is 208 g/mol. The van der Waals surface area contributed by atoms with Gasteiger partial charge in [0, 0.05) is 31.1 Å². The monoisotopic (exact) mass is 208 g/mol. The van der Waals surface area contributed by atoms with Gasteiger partial charge in [-0.15, -0.1) is 0 Å². The summed E-state index contributed by atoms with van der Waals surface area (Å²) in [6, 6.07) is 4.76. The third-order valence-corrected chi connectivity index (χ3v) is 2.51. The van der Waals surface area contributed by atoms with Gasteiger partial charge in [-0.05, 0) is 38.3 Å². The van der Waals surface area contributed by atoms with Crippen molar-refractivity contribution < 1.29 is 5.11 Å². The van der Waals surface area contributed by atoms with E-state index in [2.05, 4.69) is 30.2 Å². The molecule has 15 heavy (non-hydrogen) atoms. The fourth-order valence-electron chi connectivity index (χ4n) is 1.64. The second-order valence-corrected chi connectivity index (χ2v) is 3.94. The third kappa shape index (κ3) is 4.40. The minimum Gasteiger partial charge on any atom is -0.396 e. The molecular formula is C12H20N2O. The van der Waals surface area contributed by atoms with E-state index in [1.165, 1.54) is 5.56 Å². The second-order valence-electron chi connectivity index (χ2n) is 3.94. The summed E-state index contributed by atoms with van der Waals surface area (Å²) in [5.41, 5.74) is 1.20. The number of nitrogens with zero attached hydrogens (tertiary/aromatic N) is 1. The molecule has 84 valence electrons. The molecule has 1 rings (SSSR count). The van der Waals surface area contributed by atoms with Crippen LogP contribution in [0.4, 0.5) is 0 Å². The van der Waals surface area contributed by atoms with E-state index in [1.54, 1.807) is 6.20 Å². The molecule has 1 aromatic heterocycles. The summed E-state index contributed by atoms with van der Waals surface area (Å²) >= 11 is 0. The molecule has 0 aliphatic carbocycles. The van der Waals surface area contributed by atoms with Crippen molar-refractivity contribution >= 4 is 0 Å². The molecule has 1 heterocycles. The predicted octanol–water partition coefficient (Wildman–Crippen LogP) is 1.89. The van der Waals surface area contributed by atoms with Crippen molar-refractivity contribution in [3.63, 3.8) is 0 Å². The van der Waals surface area contributed by atoms with Crippen molar-refractivity contribution in [2.45, 2.75) is 38.8 Å². The van der Waals surface area contributed by atoms with E-state index < -0.39 is 0 Å². The highest BCUT2D eigenvalue weighted by atomic mass is 16.2. The van der Waals surface area contributed by atoms with E-state index in [1.807, 2.05) is 12.3 Å². The molecule has 0 saturated heterocycles. The van der Waals surface area contributed by atoms with Gasteiger partial charge in [0.25, 0.3) is 0 Å². The first-order chi connectivity index (χ1) is 7.24. The Balaban J connectivity index is 2.38. The van der Waals surface area contributed by atoms with Crippen molar-refractivity contribution in [1.82, 2.24) is 10.3 Å². The van der Waals surface area contributed by atoms with Gasteiger partial charge in [-0.2, -0.15) is 0 Å². The molecule has 0 amide bonds. The quantitative estimate of drug-likeness (QED) is 0.750. The number of rotatable bonds is 6. The summed E-state index contributed by atoms with van der Waals surface area (Å²) in [6.07, 6.45) is 5.52. The van der Waals surface area contributed by atoms with E-state index in [-0.39, 0.29) is 6.61 Å². The Morgan fingerprint density at radius 2 is 2.27 bits per heavy atom. The standard InChI is InChI=1S/C12H20N2O/c1-10(5-4-8-15)14-11(2)12-6-3-7-13-9-12/h3,6-7,9-11,14-15H,4-5,8H2,1-2H3/t10-,11-/m1/s1. The third-order valence-electron chi connectivity index (χ3n) is 2.51. The van der Waals surface area contributed by atoms with Crippen molar-refractivity contribution in [1.29, 1.82) is 0 Å². The van der Waals surface area contributed by atoms with Gasteiger partial charge in [0.1, 0.15) is 0 Å². The molecule has 0 spiro atoms. The van der Waals surface area contributed by atoms with Crippen LogP contribution in [0, 0.1) is 0 Å². The molecule has 0 aliphatic heterocycles. The molecule has 0 fully saturated rings.